The Hall–Kier alpha value is -2.60. The largest absolute Gasteiger partial charge is 0.450 e. The number of aliphatic hydroxyl groups is 5. The number of nitrogens with zero attached hydrogens (tertiary/aromatic N) is 2. The Morgan fingerprint density at radius 1 is 1.13 bits per heavy atom. The Kier molecular flexibility index (Phi) is 9.58. The molecule has 0 bridgehead atoms. The van der Waals surface area contributed by atoms with Crippen molar-refractivity contribution in [1.29, 1.82) is 0 Å². The van der Waals surface area contributed by atoms with Gasteiger partial charge in [0.15, 0.2) is 0 Å². The SMILES string of the molecule is CCOC(=O)N1CCC(=C2c3nc(C(=O)C(O)C(O)C(O)C(O)CO)ccc3CCC3C=C(Cl)C=CC23)CC1. The topological polar surface area (TPSA) is 161 Å². The van der Waals surface area contributed by atoms with Crippen molar-refractivity contribution in [3.05, 3.63) is 57.9 Å². The molecule has 212 valence electrons. The molecule has 0 aromatic carbocycles. The fourth-order valence-electron chi connectivity index (χ4n) is 5.49. The van der Waals surface area contributed by atoms with E-state index in [4.69, 9.17) is 21.4 Å². The third kappa shape index (κ3) is 6.26. The highest BCUT2D eigenvalue weighted by Gasteiger charge is 2.37. The van der Waals surface area contributed by atoms with Crippen molar-refractivity contribution < 1.29 is 39.9 Å². The second-order valence-corrected chi connectivity index (χ2v) is 10.5. The molecule has 1 saturated heterocycles. The van der Waals surface area contributed by atoms with Crippen molar-refractivity contribution in [2.24, 2.45) is 11.8 Å². The lowest BCUT2D eigenvalue weighted by Gasteiger charge is -2.32. The minimum absolute atomic E-state index is 0.0483. The summed E-state index contributed by atoms with van der Waals surface area (Å²) < 4.78 is 5.15. The van der Waals surface area contributed by atoms with Crippen molar-refractivity contribution in [2.75, 3.05) is 26.3 Å². The molecule has 6 atom stereocenters. The summed E-state index contributed by atoms with van der Waals surface area (Å²) in [6, 6.07) is 3.26. The van der Waals surface area contributed by atoms with Crippen LogP contribution in [-0.2, 0) is 11.2 Å². The monoisotopic (exact) mass is 562 g/mol. The van der Waals surface area contributed by atoms with E-state index >= 15 is 0 Å². The number of hydrogen-bond donors (Lipinski definition) is 5. The van der Waals surface area contributed by atoms with Crippen molar-refractivity contribution in [2.45, 2.75) is 57.0 Å². The summed E-state index contributed by atoms with van der Waals surface area (Å²) in [7, 11) is 0. The summed E-state index contributed by atoms with van der Waals surface area (Å²) in [4.78, 5) is 31.7. The van der Waals surface area contributed by atoms with Gasteiger partial charge in [-0.15, -0.1) is 0 Å². The maximum Gasteiger partial charge on any atom is 0.409 e. The molecule has 10 nitrogen and oxygen atoms in total. The number of fused-ring (bicyclic) bond motifs is 2. The molecular weight excluding hydrogens is 528 g/mol. The molecule has 1 amide bonds. The predicted octanol–water partition coefficient (Wildman–Crippen LogP) is 1.58. The number of pyridine rings is 1. The molecule has 39 heavy (non-hydrogen) atoms. The number of allylic oxidation sites excluding steroid dienone is 5. The highest BCUT2D eigenvalue weighted by atomic mass is 35.5. The summed E-state index contributed by atoms with van der Waals surface area (Å²) in [6.45, 7) is 2.19. The third-order valence-electron chi connectivity index (χ3n) is 7.66. The summed E-state index contributed by atoms with van der Waals surface area (Å²) in [6.07, 6.45) is 0.546. The predicted molar refractivity (Wildman–Crippen MR) is 143 cm³/mol. The van der Waals surface area contributed by atoms with Gasteiger partial charge in [-0.25, -0.2) is 9.78 Å². The van der Waals surface area contributed by atoms with Crippen LogP contribution in [0.2, 0.25) is 0 Å². The van der Waals surface area contributed by atoms with Gasteiger partial charge in [0.25, 0.3) is 0 Å². The van der Waals surface area contributed by atoms with Gasteiger partial charge in [0, 0.05) is 24.0 Å². The standard InChI is InChI=1S/C28H35ClN2O8/c1-2-39-28(38)31-11-9-15(10-12-31)22-19-7-6-18(29)13-17(19)4-3-16-5-8-20(30-23(16)22)24(34)26(36)27(37)25(35)21(33)14-32/h5-8,13,17,19,21,25-27,32-33,35-37H,2-4,9-12,14H2,1H3. The fourth-order valence-corrected chi connectivity index (χ4v) is 5.73. The highest BCUT2D eigenvalue weighted by molar-refractivity contribution is 6.31. The first kappa shape index (κ1) is 29.4. The number of amides is 1. The minimum atomic E-state index is -2.06. The molecular formula is C28H35ClN2O8. The maximum atomic E-state index is 13.1. The lowest BCUT2D eigenvalue weighted by Crippen LogP contribution is -2.48. The van der Waals surface area contributed by atoms with Crippen molar-refractivity contribution in [1.82, 2.24) is 9.88 Å². The van der Waals surface area contributed by atoms with E-state index < -0.39 is 36.8 Å². The minimum Gasteiger partial charge on any atom is -0.450 e. The summed E-state index contributed by atoms with van der Waals surface area (Å²) in [5.41, 5.74) is 3.54. The number of hydrogen-bond acceptors (Lipinski definition) is 9. The molecule has 3 aliphatic rings. The Morgan fingerprint density at radius 2 is 1.85 bits per heavy atom. The molecule has 2 heterocycles. The Labute approximate surface area is 231 Å². The van der Waals surface area contributed by atoms with Crippen LogP contribution in [0.4, 0.5) is 4.79 Å². The second kappa shape index (κ2) is 12.7. The number of aryl methyl sites for hydroxylation is 1. The van der Waals surface area contributed by atoms with Gasteiger partial charge in [0.05, 0.1) is 18.9 Å². The number of aliphatic hydroxyl groups excluding tert-OH is 5. The van der Waals surface area contributed by atoms with E-state index in [1.165, 1.54) is 6.07 Å². The molecule has 1 aromatic heterocycles. The van der Waals surface area contributed by atoms with Crippen molar-refractivity contribution in [3.63, 3.8) is 0 Å². The summed E-state index contributed by atoms with van der Waals surface area (Å²) in [5.74, 6) is -0.851. The van der Waals surface area contributed by atoms with Crippen molar-refractivity contribution >= 4 is 29.1 Å². The quantitative estimate of drug-likeness (QED) is 0.311. The molecule has 0 saturated carbocycles. The van der Waals surface area contributed by atoms with Gasteiger partial charge in [-0.05, 0) is 61.8 Å². The van der Waals surface area contributed by atoms with Crippen LogP contribution in [0.3, 0.4) is 0 Å². The smallest absolute Gasteiger partial charge is 0.409 e. The summed E-state index contributed by atoms with van der Waals surface area (Å²) in [5, 5.41) is 50.0. The number of aromatic nitrogens is 1. The van der Waals surface area contributed by atoms with Crippen LogP contribution in [0, 0.1) is 11.8 Å². The van der Waals surface area contributed by atoms with Gasteiger partial charge in [-0.1, -0.05) is 35.4 Å². The lowest BCUT2D eigenvalue weighted by molar-refractivity contribution is -0.105. The molecule has 0 radical (unpaired) electrons. The van der Waals surface area contributed by atoms with Crippen LogP contribution in [0.5, 0.6) is 0 Å². The molecule has 2 aliphatic carbocycles. The van der Waals surface area contributed by atoms with E-state index in [9.17, 15) is 30.0 Å². The lowest BCUT2D eigenvalue weighted by atomic mass is 9.78. The normalized spacial score (nSPS) is 24.1. The first-order chi connectivity index (χ1) is 18.7. The number of ketones is 1. The number of likely N-dealkylation sites (tertiary alicyclic amines) is 1. The number of carbonyl (C=O) groups excluding carboxylic acids is 2. The number of carbonyl (C=O) groups is 2. The van der Waals surface area contributed by atoms with Crippen LogP contribution in [0.1, 0.15) is 47.9 Å². The molecule has 5 N–H and O–H groups in total. The zero-order valence-corrected chi connectivity index (χ0v) is 22.5. The fraction of sp³-hybridized carbons (Fsp3) is 0.536. The van der Waals surface area contributed by atoms with E-state index in [1.807, 2.05) is 18.2 Å². The number of ether oxygens (including phenoxy) is 1. The number of Topliss-reactive ketones (excluding diaryl/α,β-unsaturated/α-hetero) is 1. The maximum absolute atomic E-state index is 13.1. The average molecular weight is 563 g/mol. The van der Waals surface area contributed by atoms with Crippen molar-refractivity contribution in [3.8, 4) is 0 Å². The van der Waals surface area contributed by atoms with E-state index in [2.05, 4.69) is 4.98 Å². The van der Waals surface area contributed by atoms with Crippen LogP contribution < -0.4 is 0 Å². The number of rotatable bonds is 7. The molecule has 1 aliphatic heterocycles. The van der Waals surface area contributed by atoms with E-state index in [1.54, 1.807) is 17.9 Å². The highest BCUT2D eigenvalue weighted by Crippen LogP contribution is 2.44. The Bertz CT molecular complexity index is 1170. The Balaban J connectivity index is 1.71. The molecule has 6 unspecified atom stereocenters. The van der Waals surface area contributed by atoms with Gasteiger partial charge in [-0.3, -0.25) is 4.79 Å². The summed E-state index contributed by atoms with van der Waals surface area (Å²) >= 11 is 6.34. The van der Waals surface area contributed by atoms with E-state index in [0.29, 0.717) is 49.7 Å². The second-order valence-electron chi connectivity index (χ2n) is 10.1. The van der Waals surface area contributed by atoms with Gasteiger partial charge in [0.2, 0.25) is 5.78 Å². The number of halogens is 1. The molecule has 11 heteroatoms. The molecule has 4 rings (SSSR count). The van der Waals surface area contributed by atoms with E-state index in [0.717, 1.165) is 23.1 Å². The van der Waals surface area contributed by atoms with Crippen LogP contribution in [0.25, 0.3) is 5.57 Å². The first-order valence-corrected chi connectivity index (χ1v) is 13.6. The molecule has 1 fully saturated rings. The van der Waals surface area contributed by atoms with Gasteiger partial charge in [0.1, 0.15) is 30.1 Å². The zero-order chi connectivity index (χ0) is 28.3. The third-order valence-corrected chi connectivity index (χ3v) is 7.91. The molecule has 1 aromatic rings. The average Bonchev–Trinajstić information content (AvgIpc) is 3.11. The van der Waals surface area contributed by atoms with E-state index in [-0.39, 0.29) is 23.6 Å². The molecule has 0 spiro atoms. The van der Waals surface area contributed by atoms with Gasteiger partial charge < -0.3 is 35.2 Å². The number of piperidine rings is 1. The zero-order valence-electron chi connectivity index (χ0n) is 21.7. The van der Waals surface area contributed by atoms with Gasteiger partial charge in [-0.2, -0.15) is 0 Å². The van der Waals surface area contributed by atoms with Gasteiger partial charge >= 0.3 is 6.09 Å². The van der Waals surface area contributed by atoms with Crippen LogP contribution in [-0.4, -0.2) is 98.0 Å². The van der Waals surface area contributed by atoms with Crippen LogP contribution >= 0.6 is 11.6 Å². The Morgan fingerprint density at radius 3 is 2.51 bits per heavy atom. The first-order valence-electron chi connectivity index (χ1n) is 13.2. The van der Waals surface area contributed by atoms with Crippen LogP contribution in [0.15, 0.2) is 41.0 Å².